The third-order valence-corrected chi connectivity index (χ3v) is 3.87. The van der Waals surface area contributed by atoms with E-state index in [1.807, 2.05) is 17.0 Å². The Balaban J connectivity index is 1.65. The molecule has 1 fully saturated rings. The highest BCUT2D eigenvalue weighted by Gasteiger charge is 2.24. The summed E-state index contributed by atoms with van der Waals surface area (Å²) in [6, 6.07) is 10.4. The van der Waals surface area contributed by atoms with Crippen molar-refractivity contribution in [2.45, 2.75) is 18.9 Å². The van der Waals surface area contributed by atoms with Crippen molar-refractivity contribution in [2.75, 3.05) is 13.1 Å². The first-order valence-corrected chi connectivity index (χ1v) is 6.91. The van der Waals surface area contributed by atoms with Gasteiger partial charge >= 0.3 is 0 Å². The Labute approximate surface area is 117 Å². The Morgan fingerprint density at radius 3 is 2.45 bits per heavy atom. The van der Waals surface area contributed by atoms with Gasteiger partial charge in [-0.1, -0.05) is 6.07 Å². The van der Waals surface area contributed by atoms with E-state index in [2.05, 4.69) is 17.0 Å². The van der Waals surface area contributed by atoms with Crippen molar-refractivity contribution in [1.29, 1.82) is 0 Å². The number of aromatic nitrogens is 1. The Morgan fingerprint density at radius 1 is 1.10 bits per heavy atom. The largest absolute Gasteiger partial charge is 0.351 e. The molecule has 2 heterocycles. The molecular weight excluding hydrogens is 255 g/mol. The maximum absolute atomic E-state index is 13.2. The second-order valence-electron chi connectivity index (χ2n) is 5.16. The van der Waals surface area contributed by atoms with Crippen molar-refractivity contribution in [3.8, 4) is 0 Å². The smallest absolute Gasteiger partial charge is 0.253 e. The highest BCUT2D eigenvalue weighted by molar-refractivity contribution is 5.94. The summed E-state index contributed by atoms with van der Waals surface area (Å²) in [6.07, 6.45) is 6.01. The van der Waals surface area contributed by atoms with Gasteiger partial charge in [-0.25, -0.2) is 4.39 Å². The first-order valence-electron chi connectivity index (χ1n) is 6.91. The molecule has 0 radical (unpaired) electrons. The third kappa shape index (κ3) is 2.59. The zero-order valence-electron chi connectivity index (χ0n) is 11.2. The molecule has 0 aliphatic carbocycles. The number of hydrogen-bond acceptors (Lipinski definition) is 1. The predicted octanol–water partition coefficient (Wildman–Crippen LogP) is 3.10. The van der Waals surface area contributed by atoms with Crippen molar-refractivity contribution in [3.63, 3.8) is 0 Å². The number of carbonyl (C=O) groups excluding carboxylic acids is 1. The summed E-state index contributed by atoms with van der Waals surface area (Å²) < 4.78 is 15.4. The van der Waals surface area contributed by atoms with Crippen LogP contribution in [0.1, 0.15) is 29.2 Å². The van der Waals surface area contributed by atoms with Gasteiger partial charge in [-0.3, -0.25) is 4.79 Å². The number of likely N-dealkylation sites (tertiary alicyclic amines) is 1. The molecule has 1 amide bonds. The number of halogens is 1. The SMILES string of the molecule is O=C(c1cccc(F)c1)N1CCC(n2cccc2)CC1. The van der Waals surface area contributed by atoms with E-state index in [-0.39, 0.29) is 11.7 Å². The molecule has 1 saturated heterocycles. The van der Waals surface area contributed by atoms with Crippen LogP contribution in [0.25, 0.3) is 0 Å². The molecule has 1 aromatic heterocycles. The Kier molecular flexibility index (Phi) is 3.54. The van der Waals surface area contributed by atoms with Gasteiger partial charge in [-0.05, 0) is 43.2 Å². The quantitative estimate of drug-likeness (QED) is 0.824. The summed E-state index contributed by atoms with van der Waals surface area (Å²) in [5.41, 5.74) is 0.435. The zero-order chi connectivity index (χ0) is 13.9. The van der Waals surface area contributed by atoms with Gasteiger partial charge in [0.2, 0.25) is 0 Å². The highest BCUT2D eigenvalue weighted by Crippen LogP contribution is 2.23. The van der Waals surface area contributed by atoms with Crippen LogP contribution in [0.2, 0.25) is 0 Å². The topological polar surface area (TPSA) is 25.2 Å². The number of benzene rings is 1. The van der Waals surface area contributed by atoms with Crippen molar-refractivity contribution >= 4 is 5.91 Å². The minimum atomic E-state index is -0.363. The van der Waals surface area contributed by atoms with Crippen LogP contribution in [0.15, 0.2) is 48.8 Å². The van der Waals surface area contributed by atoms with Gasteiger partial charge in [0, 0.05) is 37.1 Å². The fourth-order valence-corrected chi connectivity index (χ4v) is 2.76. The lowest BCUT2D eigenvalue weighted by atomic mass is 10.0. The second kappa shape index (κ2) is 5.49. The van der Waals surface area contributed by atoms with Gasteiger partial charge in [-0.15, -0.1) is 0 Å². The lowest BCUT2D eigenvalue weighted by Gasteiger charge is -2.32. The Bertz CT molecular complexity index is 586. The van der Waals surface area contributed by atoms with Gasteiger partial charge in [0.15, 0.2) is 0 Å². The molecule has 0 atom stereocenters. The summed E-state index contributed by atoms with van der Waals surface area (Å²) in [4.78, 5) is 14.1. The molecule has 1 aliphatic heterocycles. The van der Waals surface area contributed by atoms with Crippen molar-refractivity contribution in [2.24, 2.45) is 0 Å². The van der Waals surface area contributed by atoms with E-state index in [9.17, 15) is 9.18 Å². The average Bonchev–Trinajstić information content (AvgIpc) is 3.01. The van der Waals surface area contributed by atoms with Crippen LogP contribution in [0.4, 0.5) is 4.39 Å². The molecule has 3 nitrogen and oxygen atoms in total. The van der Waals surface area contributed by atoms with E-state index >= 15 is 0 Å². The molecule has 2 aromatic rings. The van der Waals surface area contributed by atoms with Crippen LogP contribution < -0.4 is 0 Å². The Morgan fingerprint density at radius 2 is 1.80 bits per heavy atom. The molecule has 20 heavy (non-hydrogen) atoms. The summed E-state index contributed by atoms with van der Waals surface area (Å²) >= 11 is 0. The van der Waals surface area contributed by atoms with Crippen LogP contribution in [0.3, 0.4) is 0 Å². The minimum absolute atomic E-state index is 0.0737. The molecule has 0 bridgehead atoms. The normalized spacial score (nSPS) is 16.4. The van der Waals surface area contributed by atoms with E-state index in [0.717, 1.165) is 25.9 Å². The average molecular weight is 272 g/mol. The monoisotopic (exact) mass is 272 g/mol. The zero-order valence-corrected chi connectivity index (χ0v) is 11.2. The number of piperidine rings is 1. The molecule has 0 saturated carbocycles. The summed E-state index contributed by atoms with van der Waals surface area (Å²) in [6.45, 7) is 1.44. The summed E-state index contributed by atoms with van der Waals surface area (Å²) in [5.74, 6) is -0.437. The van der Waals surface area contributed by atoms with Gasteiger partial charge < -0.3 is 9.47 Å². The predicted molar refractivity (Wildman–Crippen MR) is 75.0 cm³/mol. The van der Waals surface area contributed by atoms with Crippen molar-refractivity contribution < 1.29 is 9.18 Å². The van der Waals surface area contributed by atoms with Crippen LogP contribution in [-0.4, -0.2) is 28.5 Å². The van der Waals surface area contributed by atoms with Crippen LogP contribution in [-0.2, 0) is 0 Å². The van der Waals surface area contributed by atoms with Crippen LogP contribution >= 0.6 is 0 Å². The Hall–Kier alpha value is -2.10. The summed E-state index contributed by atoms with van der Waals surface area (Å²) in [7, 11) is 0. The van der Waals surface area contributed by atoms with Gasteiger partial charge in [0.1, 0.15) is 5.82 Å². The standard InChI is InChI=1S/C16H17FN2O/c17-14-5-3-4-13(12-14)16(20)19-10-6-15(7-11-19)18-8-1-2-9-18/h1-5,8-9,12,15H,6-7,10-11H2. The molecule has 4 heteroatoms. The fraction of sp³-hybridized carbons (Fsp3) is 0.312. The van der Waals surface area contributed by atoms with E-state index in [0.29, 0.717) is 11.6 Å². The molecule has 104 valence electrons. The first kappa shape index (κ1) is 12.9. The highest BCUT2D eigenvalue weighted by atomic mass is 19.1. The van der Waals surface area contributed by atoms with Crippen molar-refractivity contribution in [3.05, 3.63) is 60.2 Å². The van der Waals surface area contributed by atoms with Gasteiger partial charge in [-0.2, -0.15) is 0 Å². The lowest BCUT2D eigenvalue weighted by molar-refractivity contribution is 0.0694. The minimum Gasteiger partial charge on any atom is -0.351 e. The van der Waals surface area contributed by atoms with E-state index in [1.54, 1.807) is 12.1 Å². The lowest BCUT2D eigenvalue weighted by Crippen LogP contribution is -2.38. The maximum atomic E-state index is 13.2. The van der Waals surface area contributed by atoms with Gasteiger partial charge in [0.05, 0.1) is 0 Å². The number of carbonyl (C=O) groups is 1. The van der Waals surface area contributed by atoms with Gasteiger partial charge in [0.25, 0.3) is 5.91 Å². The number of amides is 1. The molecule has 1 aromatic carbocycles. The first-order chi connectivity index (χ1) is 9.74. The molecule has 1 aliphatic rings. The number of rotatable bonds is 2. The number of hydrogen-bond donors (Lipinski definition) is 0. The van der Waals surface area contributed by atoms with Crippen LogP contribution in [0.5, 0.6) is 0 Å². The molecule has 0 N–H and O–H groups in total. The maximum Gasteiger partial charge on any atom is 0.253 e. The van der Waals surface area contributed by atoms with E-state index in [1.165, 1.54) is 12.1 Å². The molecule has 3 rings (SSSR count). The van der Waals surface area contributed by atoms with E-state index in [4.69, 9.17) is 0 Å². The fourth-order valence-electron chi connectivity index (χ4n) is 2.76. The van der Waals surface area contributed by atoms with Crippen molar-refractivity contribution in [1.82, 2.24) is 9.47 Å². The molecular formula is C16H17FN2O. The van der Waals surface area contributed by atoms with E-state index < -0.39 is 0 Å². The second-order valence-corrected chi connectivity index (χ2v) is 5.16. The van der Waals surface area contributed by atoms with Crippen LogP contribution in [0, 0.1) is 5.82 Å². The molecule has 0 spiro atoms. The molecule has 0 unspecified atom stereocenters. The third-order valence-electron chi connectivity index (χ3n) is 3.87. The summed E-state index contributed by atoms with van der Waals surface area (Å²) in [5, 5.41) is 0. The number of nitrogens with zero attached hydrogens (tertiary/aromatic N) is 2.